The minimum Gasteiger partial charge on any atom is -0.530 e. The van der Waals surface area contributed by atoms with Crippen LogP contribution in [0, 0.1) is 0 Å². The van der Waals surface area contributed by atoms with E-state index in [1.165, 1.54) is 6.92 Å². The van der Waals surface area contributed by atoms with Crippen LogP contribution in [0.2, 0.25) is 0 Å². The van der Waals surface area contributed by atoms with Gasteiger partial charge in [0, 0.05) is 6.42 Å². The molecule has 106 valence electrons. The van der Waals surface area contributed by atoms with E-state index in [-0.39, 0.29) is 25.4 Å². The van der Waals surface area contributed by atoms with Gasteiger partial charge in [-0.2, -0.15) is 0 Å². The molecule has 0 saturated carbocycles. The molecule has 6 heteroatoms. The highest BCUT2D eigenvalue weighted by Gasteiger charge is 2.48. The number of ketones is 1. The van der Waals surface area contributed by atoms with Gasteiger partial charge in [-0.3, -0.25) is 4.79 Å². The third kappa shape index (κ3) is 2.64. The van der Waals surface area contributed by atoms with Crippen molar-refractivity contribution >= 4 is 17.8 Å². The lowest BCUT2D eigenvalue weighted by Crippen LogP contribution is -2.55. The van der Waals surface area contributed by atoms with Crippen LogP contribution >= 0.6 is 0 Å². The summed E-state index contributed by atoms with van der Waals surface area (Å²) in [7, 11) is 0. The number of hydrogen-bond donors (Lipinski definition) is 0. The van der Waals surface area contributed by atoms with Crippen LogP contribution in [0.3, 0.4) is 0 Å². The van der Waals surface area contributed by atoms with Crippen LogP contribution in [-0.2, 0) is 20.9 Å². The zero-order valence-corrected chi connectivity index (χ0v) is 11.0. The van der Waals surface area contributed by atoms with Crippen molar-refractivity contribution < 1.29 is 24.2 Å². The molecule has 0 spiro atoms. The summed E-state index contributed by atoms with van der Waals surface area (Å²) in [6, 6.07) is 9.01. The molecule has 0 aliphatic carbocycles. The molecule has 0 aromatic heterocycles. The number of hydrogen-bond acceptors (Lipinski definition) is 5. The summed E-state index contributed by atoms with van der Waals surface area (Å²) in [6.45, 7) is 1.07. The molecule has 1 aliphatic rings. The van der Waals surface area contributed by atoms with Crippen LogP contribution < -0.4 is 5.11 Å². The third-order valence-electron chi connectivity index (χ3n) is 3.34. The van der Waals surface area contributed by atoms with E-state index < -0.39 is 17.6 Å². The molecule has 1 aromatic carbocycles. The highest BCUT2D eigenvalue weighted by atomic mass is 16.5. The Hall–Kier alpha value is -2.37. The molecule has 1 fully saturated rings. The molecule has 6 nitrogen and oxygen atoms in total. The SMILES string of the molecule is CC1(C(=O)OCc2ccccc2)CC(=O)CN1C(=O)[O-]. The number of amides is 1. The fourth-order valence-electron chi connectivity index (χ4n) is 2.21. The Bertz CT molecular complexity index is 542. The molecular formula is C14H14NO5-. The van der Waals surface area contributed by atoms with Crippen LogP contribution in [0.5, 0.6) is 0 Å². The quantitative estimate of drug-likeness (QED) is 0.731. The fraction of sp³-hybridized carbons (Fsp3) is 0.357. The van der Waals surface area contributed by atoms with E-state index in [9.17, 15) is 19.5 Å². The first kappa shape index (κ1) is 14.0. The lowest BCUT2D eigenvalue weighted by molar-refractivity contribution is -0.269. The van der Waals surface area contributed by atoms with Gasteiger partial charge in [-0.15, -0.1) is 0 Å². The van der Waals surface area contributed by atoms with Gasteiger partial charge in [0.1, 0.15) is 18.2 Å². The minimum absolute atomic E-state index is 0.0321. The molecule has 2 rings (SSSR count). The molecule has 0 N–H and O–H groups in total. The van der Waals surface area contributed by atoms with E-state index >= 15 is 0 Å². The van der Waals surface area contributed by atoms with Crippen molar-refractivity contribution in [2.75, 3.05) is 6.54 Å². The number of rotatable bonds is 3. The summed E-state index contributed by atoms with van der Waals surface area (Å²) in [4.78, 5) is 35.2. The van der Waals surface area contributed by atoms with Crippen LogP contribution in [0.1, 0.15) is 18.9 Å². The van der Waals surface area contributed by atoms with Crippen molar-refractivity contribution in [3.05, 3.63) is 35.9 Å². The topological polar surface area (TPSA) is 86.7 Å². The molecule has 1 saturated heterocycles. The van der Waals surface area contributed by atoms with E-state index in [0.29, 0.717) is 0 Å². The summed E-state index contributed by atoms with van der Waals surface area (Å²) < 4.78 is 5.12. The minimum atomic E-state index is -1.55. The summed E-state index contributed by atoms with van der Waals surface area (Å²) in [6.07, 6.45) is -1.73. The van der Waals surface area contributed by atoms with Crippen LogP contribution in [0.15, 0.2) is 30.3 Å². The molecule has 0 bridgehead atoms. The molecule has 0 radical (unpaired) electrons. The van der Waals surface area contributed by atoms with Gasteiger partial charge in [0.15, 0.2) is 5.78 Å². The summed E-state index contributed by atoms with van der Waals surface area (Å²) in [5, 5.41) is 11.0. The Morgan fingerprint density at radius 3 is 2.60 bits per heavy atom. The van der Waals surface area contributed by atoms with Crippen molar-refractivity contribution in [3.8, 4) is 0 Å². The Morgan fingerprint density at radius 1 is 1.35 bits per heavy atom. The van der Waals surface area contributed by atoms with Crippen molar-refractivity contribution in [2.24, 2.45) is 0 Å². The largest absolute Gasteiger partial charge is 0.530 e. The smallest absolute Gasteiger partial charge is 0.332 e. The van der Waals surface area contributed by atoms with E-state index in [1.807, 2.05) is 6.07 Å². The van der Waals surface area contributed by atoms with E-state index in [2.05, 4.69) is 0 Å². The average Bonchev–Trinajstić information content (AvgIpc) is 2.74. The van der Waals surface area contributed by atoms with Gasteiger partial charge in [0.2, 0.25) is 0 Å². The Balaban J connectivity index is 2.07. The van der Waals surface area contributed by atoms with E-state index in [4.69, 9.17) is 4.74 Å². The monoisotopic (exact) mass is 276 g/mol. The highest BCUT2D eigenvalue weighted by molar-refractivity contribution is 5.98. The number of ether oxygens (including phenoxy) is 1. The van der Waals surface area contributed by atoms with Crippen molar-refractivity contribution in [1.29, 1.82) is 0 Å². The van der Waals surface area contributed by atoms with Gasteiger partial charge in [0.25, 0.3) is 0 Å². The van der Waals surface area contributed by atoms with Crippen LogP contribution in [0.25, 0.3) is 0 Å². The van der Waals surface area contributed by atoms with Crippen LogP contribution in [-0.4, -0.2) is 34.8 Å². The number of nitrogens with zero attached hydrogens (tertiary/aromatic N) is 1. The lowest BCUT2D eigenvalue weighted by atomic mass is 9.99. The van der Waals surface area contributed by atoms with Crippen molar-refractivity contribution in [2.45, 2.75) is 25.5 Å². The summed E-state index contributed by atoms with van der Waals surface area (Å²) in [5.41, 5.74) is -0.709. The van der Waals surface area contributed by atoms with Crippen LogP contribution in [0.4, 0.5) is 4.79 Å². The van der Waals surface area contributed by atoms with Gasteiger partial charge < -0.3 is 19.5 Å². The first-order valence-corrected chi connectivity index (χ1v) is 6.15. The lowest BCUT2D eigenvalue weighted by Gasteiger charge is -2.33. The van der Waals surface area contributed by atoms with Gasteiger partial charge in [0.05, 0.1) is 6.54 Å². The number of esters is 1. The zero-order valence-electron chi connectivity index (χ0n) is 11.0. The second-order valence-corrected chi connectivity index (χ2v) is 4.90. The standard InChI is InChI=1S/C14H15NO5/c1-14(7-11(16)8-15(14)13(18)19)12(17)20-9-10-5-3-2-4-6-10/h2-6H,7-9H2,1H3,(H,18,19)/p-1. The maximum absolute atomic E-state index is 12.1. The predicted molar refractivity (Wildman–Crippen MR) is 66.4 cm³/mol. The van der Waals surface area contributed by atoms with E-state index in [0.717, 1.165) is 10.5 Å². The molecular weight excluding hydrogens is 262 g/mol. The normalized spacial score (nSPS) is 21.9. The number of Topliss-reactive ketones (excluding diaryl/α,β-unsaturated/α-hetero) is 1. The fourth-order valence-corrected chi connectivity index (χ4v) is 2.21. The number of carbonyl (C=O) groups is 3. The maximum Gasteiger partial charge on any atom is 0.332 e. The first-order chi connectivity index (χ1) is 9.43. The van der Waals surface area contributed by atoms with Gasteiger partial charge in [-0.1, -0.05) is 30.3 Å². The first-order valence-electron chi connectivity index (χ1n) is 6.15. The number of likely N-dealkylation sites (tertiary alicyclic amines) is 1. The molecule has 1 aliphatic heterocycles. The molecule has 1 atom stereocenters. The predicted octanol–water partition coefficient (Wildman–Crippen LogP) is 0.107. The maximum atomic E-state index is 12.1. The number of carbonyl (C=O) groups excluding carboxylic acids is 3. The second-order valence-electron chi connectivity index (χ2n) is 4.90. The number of benzene rings is 1. The molecule has 1 amide bonds. The zero-order chi connectivity index (χ0) is 14.8. The summed E-state index contributed by atoms with van der Waals surface area (Å²) in [5.74, 6) is -1.07. The Morgan fingerprint density at radius 2 is 2.00 bits per heavy atom. The van der Waals surface area contributed by atoms with Gasteiger partial charge in [-0.05, 0) is 12.5 Å². The average molecular weight is 276 g/mol. The van der Waals surface area contributed by atoms with Gasteiger partial charge >= 0.3 is 5.97 Å². The summed E-state index contributed by atoms with van der Waals surface area (Å²) >= 11 is 0. The molecule has 20 heavy (non-hydrogen) atoms. The molecule has 1 unspecified atom stereocenters. The second kappa shape index (κ2) is 5.32. The van der Waals surface area contributed by atoms with Crippen molar-refractivity contribution in [1.82, 2.24) is 4.90 Å². The van der Waals surface area contributed by atoms with Gasteiger partial charge in [-0.25, -0.2) is 4.79 Å². The third-order valence-corrected chi connectivity index (χ3v) is 3.34. The number of carboxylic acid groups (broad SMARTS) is 1. The Labute approximate surface area is 115 Å². The molecule has 1 aromatic rings. The van der Waals surface area contributed by atoms with E-state index in [1.54, 1.807) is 24.3 Å². The Kier molecular flexibility index (Phi) is 3.74. The van der Waals surface area contributed by atoms with Crippen molar-refractivity contribution in [3.63, 3.8) is 0 Å². The highest BCUT2D eigenvalue weighted by Crippen LogP contribution is 2.28. The molecule has 1 heterocycles.